The van der Waals surface area contributed by atoms with Crippen LogP contribution in [0.3, 0.4) is 0 Å². The Kier molecular flexibility index (Phi) is 7.50. The number of carbonyl (C=O) groups excluding carboxylic acids is 2. The second kappa shape index (κ2) is 10.4. The van der Waals surface area contributed by atoms with Crippen LogP contribution in [0.25, 0.3) is 0 Å². The fourth-order valence-electron chi connectivity index (χ4n) is 3.89. The number of halogens is 1. The van der Waals surface area contributed by atoms with Crippen molar-refractivity contribution >= 4 is 22.0 Å². The molecule has 0 spiro atoms. The predicted octanol–water partition coefficient (Wildman–Crippen LogP) is 1.94. The Bertz CT molecular complexity index is 980. The first-order chi connectivity index (χ1) is 15.8. The standard InChI is InChI=1S/C22H30FN3O6S/c23-18-7-6-16(10-19(18)32-12-15-4-5-15)21(17-13-31-14-17)25-33(29,30)9-3-1-2-8-26-11-20(27)24-22(26)28/h6-7,10,15,17,21,25H,1-5,8-9,11-14H2,(H,24,27,28). The summed E-state index contributed by atoms with van der Waals surface area (Å²) in [6.07, 6.45) is 3.81. The summed E-state index contributed by atoms with van der Waals surface area (Å²) in [5, 5.41) is 2.21. The highest BCUT2D eigenvalue weighted by Gasteiger charge is 2.33. The third-order valence-corrected chi connectivity index (χ3v) is 7.58. The maximum atomic E-state index is 14.2. The number of hydrogen-bond donors (Lipinski definition) is 2. The van der Waals surface area contributed by atoms with Crippen molar-refractivity contribution in [2.45, 2.75) is 38.1 Å². The number of urea groups is 1. The van der Waals surface area contributed by atoms with E-state index in [0.717, 1.165) is 12.8 Å². The van der Waals surface area contributed by atoms with Gasteiger partial charge in [-0.15, -0.1) is 0 Å². The van der Waals surface area contributed by atoms with Crippen molar-refractivity contribution in [1.29, 1.82) is 0 Å². The number of sulfonamides is 1. The molecule has 2 aliphatic heterocycles. The Morgan fingerprint density at radius 1 is 1.21 bits per heavy atom. The van der Waals surface area contributed by atoms with Crippen LogP contribution in [-0.4, -0.2) is 63.9 Å². The van der Waals surface area contributed by atoms with E-state index in [0.29, 0.717) is 57.1 Å². The molecule has 3 amide bonds. The lowest BCUT2D eigenvalue weighted by atomic mass is 9.92. The third-order valence-electron chi connectivity index (χ3n) is 6.14. The second-order valence-electron chi connectivity index (χ2n) is 8.99. The summed E-state index contributed by atoms with van der Waals surface area (Å²) in [6.45, 7) is 1.79. The van der Waals surface area contributed by atoms with Crippen molar-refractivity contribution in [2.75, 3.05) is 38.7 Å². The minimum atomic E-state index is -3.60. The smallest absolute Gasteiger partial charge is 0.324 e. The van der Waals surface area contributed by atoms with E-state index in [2.05, 4.69) is 10.0 Å². The van der Waals surface area contributed by atoms with E-state index in [1.165, 1.54) is 11.0 Å². The fourth-order valence-corrected chi connectivity index (χ4v) is 5.30. The number of benzene rings is 1. The highest BCUT2D eigenvalue weighted by molar-refractivity contribution is 7.89. The van der Waals surface area contributed by atoms with E-state index in [1.54, 1.807) is 12.1 Å². The van der Waals surface area contributed by atoms with Crippen LogP contribution >= 0.6 is 0 Å². The number of ether oxygens (including phenoxy) is 2. The third kappa shape index (κ3) is 6.64. The Balaban J connectivity index is 1.30. The van der Waals surface area contributed by atoms with Gasteiger partial charge in [0.1, 0.15) is 6.54 Å². The van der Waals surface area contributed by atoms with Gasteiger partial charge in [0.05, 0.1) is 31.6 Å². The van der Waals surface area contributed by atoms with Crippen LogP contribution in [0.4, 0.5) is 9.18 Å². The maximum Gasteiger partial charge on any atom is 0.324 e. The molecule has 2 N–H and O–H groups in total. The molecule has 9 nitrogen and oxygen atoms in total. The number of rotatable bonds is 13. The average Bonchev–Trinajstić information content (AvgIpc) is 3.49. The van der Waals surface area contributed by atoms with Crippen LogP contribution in [0.2, 0.25) is 0 Å². The van der Waals surface area contributed by atoms with Gasteiger partial charge in [0.15, 0.2) is 11.6 Å². The fraction of sp³-hybridized carbons (Fsp3) is 0.636. The zero-order valence-electron chi connectivity index (χ0n) is 18.4. The highest BCUT2D eigenvalue weighted by Crippen LogP contribution is 2.34. The molecule has 2 heterocycles. The normalized spacial score (nSPS) is 20.0. The van der Waals surface area contributed by atoms with Gasteiger partial charge in [0.2, 0.25) is 15.9 Å². The van der Waals surface area contributed by atoms with Gasteiger partial charge in [0, 0.05) is 12.5 Å². The van der Waals surface area contributed by atoms with E-state index in [1.807, 2.05) is 0 Å². The molecule has 1 aromatic rings. The number of nitrogens with one attached hydrogen (secondary N) is 2. The Morgan fingerprint density at radius 3 is 2.64 bits per heavy atom. The quantitative estimate of drug-likeness (QED) is 0.327. The number of hydrogen-bond acceptors (Lipinski definition) is 6. The number of imide groups is 1. The van der Waals surface area contributed by atoms with Crippen molar-refractivity contribution in [3.8, 4) is 5.75 Å². The lowest BCUT2D eigenvalue weighted by Gasteiger charge is -2.34. The van der Waals surface area contributed by atoms with E-state index in [-0.39, 0.29) is 29.9 Å². The van der Waals surface area contributed by atoms with Crippen LogP contribution in [0.15, 0.2) is 18.2 Å². The van der Waals surface area contributed by atoms with Crippen LogP contribution < -0.4 is 14.8 Å². The molecule has 3 aliphatic rings. The molecule has 1 atom stereocenters. The summed E-state index contributed by atoms with van der Waals surface area (Å²) in [7, 11) is -3.60. The monoisotopic (exact) mass is 483 g/mol. The Labute approximate surface area is 193 Å². The van der Waals surface area contributed by atoms with E-state index >= 15 is 0 Å². The molecule has 4 rings (SSSR count). The maximum absolute atomic E-state index is 14.2. The van der Waals surface area contributed by atoms with Gasteiger partial charge in [-0.05, 0) is 49.3 Å². The predicted molar refractivity (Wildman–Crippen MR) is 118 cm³/mol. The van der Waals surface area contributed by atoms with E-state index in [4.69, 9.17) is 9.47 Å². The van der Waals surface area contributed by atoms with Gasteiger partial charge in [0.25, 0.3) is 0 Å². The first-order valence-electron chi connectivity index (χ1n) is 11.4. The minimum Gasteiger partial charge on any atom is -0.490 e. The number of carbonyl (C=O) groups is 2. The van der Waals surface area contributed by atoms with Crippen LogP contribution in [0.1, 0.15) is 43.7 Å². The molecule has 1 aliphatic carbocycles. The SMILES string of the molecule is O=C1CN(CCCCCS(=O)(=O)NC(c2ccc(F)c(OCC3CC3)c2)C2COC2)C(=O)N1. The van der Waals surface area contributed by atoms with E-state index < -0.39 is 27.9 Å². The van der Waals surface area contributed by atoms with Crippen LogP contribution in [0.5, 0.6) is 5.75 Å². The molecular formula is C22H30FN3O6S. The zero-order chi connectivity index (χ0) is 23.4. The van der Waals surface area contributed by atoms with Crippen molar-refractivity contribution < 1.29 is 31.9 Å². The van der Waals surface area contributed by atoms with Gasteiger partial charge >= 0.3 is 6.03 Å². The average molecular weight is 484 g/mol. The van der Waals surface area contributed by atoms with Gasteiger partial charge in [-0.2, -0.15) is 0 Å². The summed E-state index contributed by atoms with van der Waals surface area (Å²) >= 11 is 0. The lowest BCUT2D eigenvalue weighted by molar-refractivity contribution is -0.118. The number of amides is 3. The largest absolute Gasteiger partial charge is 0.490 e. The molecule has 11 heteroatoms. The summed E-state index contributed by atoms with van der Waals surface area (Å²) < 4.78 is 53.4. The summed E-state index contributed by atoms with van der Waals surface area (Å²) in [5.74, 6) is -0.253. The Morgan fingerprint density at radius 2 is 2.00 bits per heavy atom. The van der Waals surface area contributed by atoms with Gasteiger partial charge in [-0.1, -0.05) is 12.5 Å². The summed E-state index contributed by atoms with van der Waals surface area (Å²) in [6, 6.07) is 3.57. The highest BCUT2D eigenvalue weighted by atomic mass is 32.2. The van der Waals surface area contributed by atoms with Crippen molar-refractivity contribution in [3.63, 3.8) is 0 Å². The molecule has 2 saturated heterocycles. The van der Waals surface area contributed by atoms with Gasteiger partial charge in [-0.3, -0.25) is 10.1 Å². The van der Waals surface area contributed by atoms with E-state index in [9.17, 15) is 22.4 Å². The molecule has 33 heavy (non-hydrogen) atoms. The summed E-state index contributed by atoms with van der Waals surface area (Å²) in [5.41, 5.74) is 0.656. The lowest BCUT2D eigenvalue weighted by Crippen LogP contribution is -2.43. The second-order valence-corrected chi connectivity index (χ2v) is 10.9. The van der Waals surface area contributed by atoms with Crippen LogP contribution in [-0.2, 0) is 19.6 Å². The molecule has 0 aromatic heterocycles. The van der Waals surface area contributed by atoms with Gasteiger partial charge < -0.3 is 14.4 Å². The molecular weight excluding hydrogens is 453 g/mol. The van der Waals surface area contributed by atoms with Gasteiger partial charge in [-0.25, -0.2) is 22.3 Å². The number of unbranched alkanes of at least 4 members (excludes halogenated alkanes) is 2. The Hall–Kier alpha value is -2.24. The first-order valence-corrected chi connectivity index (χ1v) is 13.0. The summed E-state index contributed by atoms with van der Waals surface area (Å²) in [4.78, 5) is 24.1. The molecule has 1 unspecified atom stereocenters. The topological polar surface area (TPSA) is 114 Å². The minimum absolute atomic E-state index is 0.0345. The molecule has 0 radical (unpaired) electrons. The van der Waals surface area contributed by atoms with Crippen LogP contribution in [0, 0.1) is 17.7 Å². The molecule has 3 fully saturated rings. The molecule has 182 valence electrons. The molecule has 0 bridgehead atoms. The molecule has 1 saturated carbocycles. The molecule has 1 aromatic carbocycles. The zero-order valence-corrected chi connectivity index (χ0v) is 19.2. The van der Waals surface area contributed by atoms with Crippen molar-refractivity contribution in [1.82, 2.24) is 14.9 Å². The van der Waals surface area contributed by atoms with Crippen molar-refractivity contribution in [2.24, 2.45) is 11.8 Å². The van der Waals surface area contributed by atoms with Crippen molar-refractivity contribution in [3.05, 3.63) is 29.6 Å². The first kappa shape index (κ1) is 23.9. The number of nitrogens with zero attached hydrogens (tertiary/aromatic N) is 1.